The average molecular weight is 664 g/mol. The van der Waals surface area contributed by atoms with Crippen molar-refractivity contribution in [1.82, 2.24) is 24.5 Å². The van der Waals surface area contributed by atoms with E-state index in [1.165, 1.54) is 22.3 Å². The van der Waals surface area contributed by atoms with Gasteiger partial charge < -0.3 is 9.80 Å². The van der Waals surface area contributed by atoms with Crippen molar-refractivity contribution in [3.05, 3.63) is 145 Å². The summed E-state index contributed by atoms with van der Waals surface area (Å²) in [5, 5.41) is 2.33. The molecule has 0 bridgehead atoms. The van der Waals surface area contributed by atoms with E-state index in [1.54, 1.807) is 0 Å². The molecule has 0 saturated heterocycles. The predicted octanol–water partition coefficient (Wildman–Crippen LogP) is 10.2. The van der Waals surface area contributed by atoms with E-state index in [1.807, 2.05) is 36.5 Å². The lowest BCUT2D eigenvalue weighted by molar-refractivity contribution is 0.588. The van der Waals surface area contributed by atoms with Crippen LogP contribution >= 0.6 is 0 Å². The number of fused-ring (bicyclic) bond motifs is 4. The summed E-state index contributed by atoms with van der Waals surface area (Å²) >= 11 is 0. The summed E-state index contributed by atoms with van der Waals surface area (Å²) in [4.78, 5) is 24.8. The maximum absolute atomic E-state index is 5.16. The minimum atomic E-state index is -0.0118. The summed E-state index contributed by atoms with van der Waals surface area (Å²) < 4.78 is 2.26. The number of pyridine rings is 1. The van der Waals surface area contributed by atoms with Crippen LogP contribution in [0, 0.1) is 0 Å². The number of nitrogens with zero attached hydrogens (tertiary/aromatic N) is 7. The van der Waals surface area contributed by atoms with Crippen LogP contribution in [0.4, 0.5) is 17.1 Å². The van der Waals surface area contributed by atoms with Gasteiger partial charge in [-0.2, -0.15) is 0 Å². The monoisotopic (exact) mass is 663 g/mol. The minimum absolute atomic E-state index is 0.0118. The van der Waals surface area contributed by atoms with Gasteiger partial charge in [0.1, 0.15) is 5.82 Å². The fourth-order valence-electron chi connectivity index (χ4n) is 7.13. The van der Waals surface area contributed by atoms with E-state index in [9.17, 15) is 0 Å². The van der Waals surface area contributed by atoms with E-state index in [4.69, 9.17) is 19.9 Å². The van der Waals surface area contributed by atoms with Crippen LogP contribution in [0.2, 0.25) is 0 Å². The zero-order valence-electron chi connectivity index (χ0n) is 29.1. The van der Waals surface area contributed by atoms with Gasteiger partial charge in [0.15, 0.2) is 17.5 Å². The summed E-state index contributed by atoms with van der Waals surface area (Å²) in [5.74, 6) is 2.76. The highest BCUT2D eigenvalue weighted by Gasteiger charge is 2.25. The first-order valence-electron chi connectivity index (χ1n) is 17.3. The largest absolute Gasteiger partial charge is 0.355 e. The second kappa shape index (κ2) is 11.9. The Hall–Kier alpha value is -6.34. The Labute approximate surface area is 297 Å². The Kier molecular flexibility index (Phi) is 7.17. The van der Waals surface area contributed by atoms with Crippen molar-refractivity contribution in [2.75, 3.05) is 23.5 Å². The van der Waals surface area contributed by atoms with E-state index in [0.717, 1.165) is 51.3 Å². The zero-order chi connectivity index (χ0) is 34.7. The molecule has 4 heterocycles. The molecule has 0 spiro atoms. The topological polar surface area (TPSA) is 63.0 Å². The highest BCUT2D eigenvalue weighted by Crippen LogP contribution is 2.41. The first-order valence-corrected chi connectivity index (χ1v) is 17.3. The Morgan fingerprint density at radius 1 is 0.549 bits per heavy atom. The number of hydrogen-bond donors (Lipinski definition) is 0. The normalized spacial score (nSPS) is 12.9. The van der Waals surface area contributed by atoms with Crippen LogP contribution < -0.4 is 9.80 Å². The van der Waals surface area contributed by atoms with Gasteiger partial charge in [-0.3, -0.25) is 4.57 Å². The molecule has 7 heteroatoms. The van der Waals surface area contributed by atoms with Crippen LogP contribution in [-0.2, 0) is 5.41 Å². The van der Waals surface area contributed by atoms with Gasteiger partial charge in [0, 0.05) is 46.4 Å². The van der Waals surface area contributed by atoms with Crippen LogP contribution in [0.1, 0.15) is 26.3 Å². The first kappa shape index (κ1) is 30.7. The van der Waals surface area contributed by atoms with Crippen molar-refractivity contribution < 1.29 is 0 Å². The van der Waals surface area contributed by atoms with Crippen LogP contribution in [0.15, 0.2) is 140 Å². The Bertz CT molecular complexity index is 2580. The van der Waals surface area contributed by atoms with Gasteiger partial charge in [-0.1, -0.05) is 106 Å². The molecule has 51 heavy (non-hydrogen) atoms. The van der Waals surface area contributed by atoms with Crippen molar-refractivity contribution in [3.63, 3.8) is 0 Å². The van der Waals surface area contributed by atoms with Crippen LogP contribution in [0.25, 0.3) is 61.8 Å². The smallest absolute Gasteiger partial charge is 0.164 e. The average Bonchev–Trinajstić information content (AvgIpc) is 3.69. The van der Waals surface area contributed by atoms with Crippen LogP contribution in [0.5, 0.6) is 0 Å². The number of benzene rings is 5. The van der Waals surface area contributed by atoms with Crippen LogP contribution in [0.3, 0.4) is 0 Å². The van der Waals surface area contributed by atoms with E-state index < -0.39 is 0 Å². The first-order chi connectivity index (χ1) is 24.8. The Balaban J connectivity index is 1.22. The summed E-state index contributed by atoms with van der Waals surface area (Å²) in [6.45, 7) is 7.47. The van der Waals surface area contributed by atoms with Gasteiger partial charge in [-0.05, 0) is 59.5 Å². The summed E-state index contributed by atoms with van der Waals surface area (Å²) in [7, 11) is 2.13. The number of anilines is 3. The standard InChI is InChI=1S/C44H37N7/c1-44(2,3)32-23-24-45-40(27-32)51-36-18-9-8-17-34(36)35-22-21-31(26-39(35)51)43-47-41(29-13-6-5-7-14-29)46-42(48-43)30-15-12-16-33(25-30)50-28-49(4)37-19-10-11-20-38(37)50/h5-27H,28H2,1-4H3. The molecule has 0 aliphatic carbocycles. The molecule has 9 rings (SSSR count). The van der Waals surface area contributed by atoms with Crippen molar-refractivity contribution >= 4 is 38.9 Å². The SMILES string of the molecule is CN1CN(c2cccc(-c3nc(-c4ccccc4)nc(-c4ccc5c6ccccc6n(-c6cc(C(C)(C)C)ccn6)c5c4)n3)c2)c2ccccc21. The summed E-state index contributed by atoms with van der Waals surface area (Å²) in [6, 6.07) is 46.5. The van der Waals surface area contributed by atoms with E-state index in [-0.39, 0.29) is 5.41 Å². The quantitative estimate of drug-likeness (QED) is 0.183. The second-order valence-corrected chi connectivity index (χ2v) is 14.2. The third-order valence-electron chi connectivity index (χ3n) is 9.79. The molecule has 8 aromatic rings. The fraction of sp³-hybridized carbons (Fsp3) is 0.136. The molecule has 0 saturated carbocycles. The fourth-order valence-corrected chi connectivity index (χ4v) is 7.13. The number of aromatic nitrogens is 5. The third kappa shape index (κ3) is 5.38. The van der Waals surface area contributed by atoms with E-state index in [2.05, 4.69) is 145 Å². The molecule has 0 radical (unpaired) electrons. The molecule has 3 aromatic heterocycles. The second-order valence-electron chi connectivity index (χ2n) is 14.2. The molecule has 248 valence electrons. The molecule has 0 atom stereocenters. The maximum atomic E-state index is 5.16. The molecule has 7 nitrogen and oxygen atoms in total. The number of hydrogen-bond acceptors (Lipinski definition) is 6. The van der Waals surface area contributed by atoms with Gasteiger partial charge in [-0.15, -0.1) is 0 Å². The third-order valence-corrected chi connectivity index (χ3v) is 9.79. The number of para-hydroxylation sites is 3. The molecule has 1 aliphatic rings. The lowest BCUT2D eigenvalue weighted by Crippen LogP contribution is -2.23. The van der Waals surface area contributed by atoms with Crippen molar-refractivity contribution in [2.45, 2.75) is 26.2 Å². The molecule has 0 N–H and O–H groups in total. The van der Waals surface area contributed by atoms with Gasteiger partial charge in [0.05, 0.1) is 29.1 Å². The molecular weight excluding hydrogens is 627 g/mol. The zero-order valence-corrected chi connectivity index (χ0v) is 29.1. The molecule has 5 aromatic carbocycles. The summed E-state index contributed by atoms with van der Waals surface area (Å²) in [6.07, 6.45) is 1.91. The summed E-state index contributed by atoms with van der Waals surface area (Å²) in [5.41, 5.74) is 9.64. The van der Waals surface area contributed by atoms with Crippen LogP contribution in [-0.4, -0.2) is 38.2 Å². The highest BCUT2D eigenvalue weighted by molar-refractivity contribution is 6.10. The minimum Gasteiger partial charge on any atom is -0.355 e. The van der Waals surface area contributed by atoms with E-state index in [0.29, 0.717) is 17.5 Å². The Morgan fingerprint density at radius 3 is 1.98 bits per heavy atom. The maximum Gasteiger partial charge on any atom is 0.164 e. The molecule has 1 aliphatic heterocycles. The Morgan fingerprint density at radius 2 is 1.20 bits per heavy atom. The van der Waals surface area contributed by atoms with Crippen molar-refractivity contribution in [1.29, 1.82) is 0 Å². The van der Waals surface area contributed by atoms with Gasteiger partial charge in [0.25, 0.3) is 0 Å². The number of rotatable bonds is 5. The lowest BCUT2D eigenvalue weighted by atomic mass is 9.88. The molecular formula is C44H37N7. The highest BCUT2D eigenvalue weighted by atomic mass is 15.4. The van der Waals surface area contributed by atoms with Gasteiger partial charge in [0.2, 0.25) is 0 Å². The molecule has 0 amide bonds. The van der Waals surface area contributed by atoms with Gasteiger partial charge in [-0.25, -0.2) is 19.9 Å². The van der Waals surface area contributed by atoms with E-state index >= 15 is 0 Å². The van der Waals surface area contributed by atoms with Gasteiger partial charge >= 0.3 is 0 Å². The predicted molar refractivity (Wildman–Crippen MR) is 209 cm³/mol. The van der Waals surface area contributed by atoms with Crippen molar-refractivity contribution in [2.24, 2.45) is 0 Å². The molecule has 0 unspecified atom stereocenters. The molecule has 0 fully saturated rings. The lowest BCUT2D eigenvalue weighted by Gasteiger charge is -2.20. The van der Waals surface area contributed by atoms with Crippen molar-refractivity contribution in [3.8, 4) is 40.0 Å².